The average Bonchev–Trinajstić information content (AvgIpc) is 2.73. The minimum absolute atomic E-state index is 1.01. The van der Waals surface area contributed by atoms with E-state index in [0.29, 0.717) is 0 Å². The van der Waals surface area contributed by atoms with Crippen molar-refractivity contribution in [1.29, 1.82) is 0 Å². The fourth-order valence-electron chi connectivity index (χ4n) is 4.16. The summed E-state index contributed by atoms with van der Waals surface area (Å²) in [6.45, 7) is 0. The molecule has 4 aromatic rings. The summed E-state index contributed by atoms with van der Waals surface area (Å²) in [4.78, 5) is 0. The fraction of sp³-hybridized carbons (Fsp3) is 0. The molecular formula is C24H18OSn. The Bertz CT molecular complexity index is 971. The Balaban J connectivity index is 1.97. The Kier molecular flexibility index (Phi) is 3.82. The molecule has 0 radical (unpaired) electrons. The maximum absolute atomic E-state index is 6.33. The van der Waals surface area contributed by atoms with Gasteiger partial charge in [0.05, 0.1) is 0 Å². The van der Waals surface area contributed by atoms with Gasteiger partial charge in [-0.2, -0.15) is 0 Å². The van der Waals surface area contributed by atoms with Crippen molar-refractivity contribution in [2.45, 2.75) is 0 Å². The molecule has 0 N–H and O–H groups in total. The van der Waals surface area contributed by atoms with Gasteiger partial charge in [-0.3, -0.25) is 0 Å². The van der Waals surface area contributed by atoms with Gasteiger partial charge in [0.25, 0.3) is 0 Å². The molecule has 5 rings (SSSR count). The molecule has 0 bridgehead atoms. The Morgan fingerprint density at radius 1 is 0.423 bits per heavy atom. The van der Waals surface area contributed by atoms with E-state index in [1.165, 1.54) is 14.3 Å². The maximum atomic E-state index is 6.33. The molecule has 124 valence electrons. The van der Waals surface area contributed by atoms with Gasteiger partial charge in [0.1, 0.15) is 0 Å². The van der Waals surface area contributed by atoms with Crippen LogP contribution < -0.4 is 19.1 Å². The van der Waals surface area contributed by atoms with Gasteiger partial charge in [-0.15, -0.1) is 0 Å². The number of hydrogen-bond acceptors (Lipinski definition) is 1. The fourth-order valence-corrected chi connectivity index (χ4v) is 18.3. The normalized spacial score (nSPS) is 14.0. The average molecular weight is 441 g/mol. The van der Waals surface area contributed by atoms with E-state index in [1.807, 2.05) is 0 Å². The molecule has 1 aliphatic heterocycles. The van der Waals surface area contributed by atoms with E-state index in [1.54, 1.807) is 0 Å². The number of hydrogen-bond donors (Lipinski definition) is 0. The van der Waals surface area contributed by atoms with Crippen LogP contribution in [0, 0.1) is 0 Å². The molecule has 0 aliphatic carbocycles. The quantitative estimate of drug-likeness (QED) is 0.383. The van der Waals surface area contributed by atoms with Gasteiger partial charge in [-0.05, 0) is 0 Å². The van der Waals surface area contributed by atoms with Crippen molar-refractivity contribution < 1.29 is 4.74 Å². The van der Waals surface area contributed by atoms with Crippen LogP contribution in [0.2, 0.25) is 0 Å². The summed E-state index contributed by atoms with van der Waals surface area (Å²) in [5.41, 5.74) is 0. The van der Waals surface area contributed by atoms with E-state index >= 15 is 0 Å². The number of para-hydroxylation sites is 2. The molecule has 4 aromatic carbocycles. The summed E-state index contributed by atoms with van der Waals surface area (Å²) in [7, 11) is 0. The molecule has 0 atom stereocenters. The van der Waals surface area contributed by atoms with Crippen LogP contribution in [0.15, 0.2) is 109 Å². The van der Waals surface area contributed by atoms with E-state index < -0.39 is 18.4 Å². The SMILES string of the molecule is c1cc[c]([Sn]2([c]3ccccc3)[c]3ccccc3Oc3cccc[c]32)cc1. The van der Waals surface area contributed by atoms with Crippen molar-refractivity contribution in [1.82, 2.24) is 0 Å². The van der Waals surface area contributed by atoms with Gasteiger partial charge in [-0.1, -0.05) is 0 Å². The van der Waals surface area contributed by atoms with E-state index in [4.69, 9.17) is 4.74 Å². The van der Waals surface area contributed by atoms with Crippen LogP contribution >= 0.6 is 0 Å². The van der Waals surface area contributed by atoms with Crippen molar-refractivity contribution in [3.63, 3.8) is 0 Å². The molecule has 1 aliphatic rings. The van der Waals surface area contributed by atoms with Crippen LogP contribution in [-0.2, 0) is 0 Å². The molecule has 0 saturated heterocycles. The van der Waals surface area contributed by atoms with Crippen molar-refractivity contribution >= 4 is 32.7 Å². The van der Waals surface area contributed by atoms with Gasteiger partial charge in [0.2, 0.25) is 0 Å². The Labute approximate surface area is 157 Å². The van der Waals surface area contributed by atoms with Crippen molar-refractivity contribution in [2.75, 3.05) is 0 Å². The van der Waals surface area contributed by atoms with Crippen LogP contribution in [-0.4, -0.2) is 18.4 Å². The van der Waals surface area contributed by atoms with E-state index in [2.05, 4.69) is 109 Å². The Morgan fingerprint density at radius 3 is 1.27 bits per heavy atom. The van der Waals surface area contributed by atoms with Crippen molar-refractivity contribution in [2.24, 2.45) is 0 Å². The molecule has 0 spiro atoms. The zero-order chi connectivity index (χ0) is 17.4. The first-order valence-corrected chi connectivity index (χ1v) is 14.6. The van der Waals surface area contributed by atoms with Gasteiger partial charge in [-0.25, -0.2) is 0 Å². The van der Waals surface area contributed by atoms with Crippen molar-refractivity contribution in [3.8, 4) is 11.5 Å². The standard InChI is InChI=1S/C12H8O.2C6H5.Sn/c1-3-7-11(8-4-1)13-12-9-5-2-6-10-12;2*1-2-4-6-5-3-1;/h1-7,9H;2*1-5H;. The number of fused-ring (bicyclic) bond motifs is 2. The van der Waals surface area contributed by atoms with Crippen LogP contribution in [0.1, 0.15) is 0 Å². The summed E-state index contributed by atoms with van der Waals surface area (Å²) in [6, 6.07) is 39.3. The molecule has 2 heteroatoms. The van der Waals surface area contributed by atoms with Gasteiger partial charge < -0.3 is 0 Å². The van der Waals surface area contributed by atoms with Crippen LogP contribution in [0.4, 0.5) is 0 Å². The van der Waals surface area contributed by atoms with E-state index in [-0.39, 0.29) is 0 Å². The molecule has 1 heterocycles. The predicted molar refractivity (Wildman–Crippen MR) is 110 cm³/mol. The third-order valence-corrected chi connectivity index (χ3v) is 19.0. The first-order chi connectivity index (χ1) is 12.9. The zero-order valence-electron chi connectivity index (χ0n) is 14.3. The molecule has 1 nitrogen and oxygen atoms in total. The van der Waals surface area contributed by atoms with E-state index in [0.717, 1.165) is 11.5 Å². The molecule has 0 unspecified atom stereocenters. The number of benzene rings is 4. The number of ether oxygens (including phenoxy) is 1. The third kappa shape index (κ3) is 2.24. The van der Waals surface area contributed by atoms with Crippen molar-refractivity contribution in [3.05, 3.63) is 109 Å². The van der Waals surface area contributed by atoms with Gasteiger partial charge in [0.15, 0.2) is 0 Å². The summed E-state index contributed by atoms with van der Waals surface area (Å²) >= 11 is -3.43. The Morgan fingerprint density at radius 2 is 0.808 bits per heavy atom. The third-order valence-electron chi connectivity index (χ3n) is 5.22. The summed E-state index contributed by atoms with van der Waals surface area (Å²) in [5, 5.41) is 0. The first-order valence-electron chi connectivity index (χ1n) is 8.88. The van der Waals surface area contributed by atoms with Gasteiger partial charge in [0, 0.05) is 0 Å². The minimum atomic E-state index is -3.43. The Hall–Kier alpha value is -2.52. The molecule has 0 saturated carbocycles. The molecule has 0 aromatic heterocycles. The molecule has 0 fully saturated rings. The van der Waals surface area contributed by atoms with Gasteiger partial charge >= 0.3 is 158 Å². The monoisotopic (exact) mass is 442 g/mol. The first kappa shape index (κ1) is 15.7. The number of rotatable bonds is 2. The molecule has 26 heavy (non-hydrogen) atoms. The second kappa shape index (κ2) is 6.33. The summed E-state index contributed by atoms with van der Waals surface area (Å²) < 4.78 is 12.0. The summed E-state index contributed by atoms with van der Waals surface area (Å²) in [6.07, 6.45) is 0. The predicted octanol–water partition coefficient (Wildman–Crippen LogP) is 3.17. The zero-order valence-corrected chi connectivity index (χ0v) is 17.2. The van der Waals surface area contributed by atoms with Crippen LogP contribution in [0.25, 0.3) is 0 Å². The molecule has 0 amide bonds. The van der Waals surface area contributed by atoms with E-state index in [9.17, 15) is 0 Å². The van der Waals surface area contributed by atoms with Crippen LogP contribution in [0.3, 0.4) is 0 Å². The topological polar surface area (TPSA) is 9.23 Å². The second-order valence-corrected chi connectivity index (χ2v) is 17.2. The summed E-state index contributed by atoms with van der Waals surface area (Å²) in [5.74, 6) is 2.02. The van der Waals surface area contributed by atoms with Crippen LogP contribution in [0.5, 0.6) is 11.5 Å². The second-order valence-electron chi connectivity index (χ2n) is 6.58. The molecular weight excluding hydrogens is 423 g/mol.